The Balaban J connectivity index is 0.000000203. The maximum Gasteiger partial charge on any atom is 0.333 e. The molecule has 8 saturated carbocycles. The van der Waals surface area contributed by atoms with Crippen LogP contribution in [0.1, 0.15) is 217 Å². The van der Waals surface area contributed by atoms with Crippen molar-refractivity contribution in [1.82, 2.24) is 0 Å². The van der Waals surface area contributed by atoms with Crippen molar-refractivity contribution in [3.05, 3.63) is 24.3 Å². The first-order chi connectivity index (χ1) is 31.8. The zero-order valence-electron chi connectivity index (χ0n) is 44.9. The molecule has 0 heterocycles. The lowest BCUT2D eigenvalue weighted by molar-refractivity contribution is -0.159. The van der Waals surface area contributed by atoms with Gasteiger partial charge in [0.15, 0.2) is 0 Å². The van der Waals surface area contributed by atoms with Crippen LogP contribution in [0.3, 0.4) is 0 Å². The molecule has 18 atom stereocenters. The van der Waals surface area contributed by atoms with Crippen LogP contribution in [-0.4, -0.2) is 46.8 Å². The Morgan fingerprint density at radius 3 is 1.32 bits per heavy atom. The second-order valence-corrected chi connectivity index (χ2v) is 26.9. The van der Waals surface area contributed by atoms with Gasteiger partial charge in [0.1, 0.15) is 17.8 Å². The number of ether oxygens (including phenoxy) is 3. The van der Waals surface area contributed by atoms with Crippen LogP contribution in [0.4, 0.5) is 0 Å². The molecule has 0 spiro atoms. The monoisotopic (exact) mass is 945 g/mol. The summed E-state index contributed by atoms with van der Waals surface area (Å²) >= 11 is 0. The zero-order valence-corrected chi connectivity index (χ0v) is 44.9. The molecule has 0 bridgehead atoms. The van der Waals surface area contributed by atoms with Crippen molar-refractivity contribution >= 4 is 23.9 Å². The van der Waals surface area contributed by atoms with Gasteiger partial charge in [-0.05, 0) is 256 Å². The van der Waals surface area contributed by atoms with Gasteiger partial charge >= 0.3 is 23.9 Å². The lowest BCUT2D eigenvalue weighted by Crippen LogP contribution is -2.54. The van der Waals surface area contributed by atoms with Crippen LogP contribution >= 0.6 is 0 Å². The molecule has 18 unspecified atom stereocenters. The Bertz CT molecular complexity index is 1880. The van der Waals surface area contributed by atoms with Gasteiger partial charge in [-0.2, -0.15) is 0 Å². The number of rotatable bonds is 12. The molecular weight excluding hydrogens is 849 g/mol. The number of esters is 3. The van der Waals surface area contributed by atoms with Crippen LogP contribution in [-0.2, 0) is 33.4 Å². The molecular formula is C60H96O8. The Labute approximate surface area is 413 Å². The minimum atomic E-state index is -0.656. The number of aliphatic carboxylic acids is 1. The fraction of sp³-hybridized carbons (Fsp3) is 0.867. The SMILES string of the molecule is C=C(C)C(=O)OC1CCC2(C)C(CCC3C2CCC2(C)C(C(C)CCC(=O)O)CCC32)C1.C=C(C)C(=O)OC1CCC2(C)C(CCC3C2CCC2(C)C(C(C)CCC(=O)OC(C)(C)C)CCC32)C1. The molecule has 8 aliphatic carbocycles. The van der Waals surface area contributed by atoms with E-state index in [4.69, 9.17) is 19.3 Å². The number of carbonyl (C=O) groups is 4. The largest absolute Gasteiger partial charge is 0.481 e. The molecule has 0 aliphatic heterocycles. The number of hydrogen-bond acceptors (Lipinski definition) is 7. The molecule has 8 nitrogen and oxygen atoms in total. The van der Waals surface area contributed by atoms with Gasteiger partial charge in [-0.25, -0.2) is 9.59 Å². The van der Waals surface area contributed by atoms with E-state index >= 15 is 0 Å². The third-order valence-electron chi connectivity index (χ3n) is 22.0. The Kier molecular flexibility index (Phi) is 16.0. The lowest BCUT2D eigenvalue weighted by Gasteiger charge is -2.61. The van der Waals surface area contributed by atoms with Gasteiger partial charge < -0.3 is 19.3 Å². The summed E-state index contributed by atoms with van der Waals surface area (Å²) in [5, 5.41) is 9.16. The van der Waals surface area contributed by atoms with Crippen LogP contribution in [0.2, 0.25) is 0 Å². The fourth-order valence-electron chi connectivity index (χ4n) is 18.6. The molecule has 0 aromatic rings. The number of carbonyl (C=O) groups excluding carboxylic acids is 3. The molecule has 8 heteroatoms. The van der Waals surface area contributed by atoms with Gasteiger partial charge in [-0.3, -0.25) is 9.59 Å². The van der Waals surface area contributed by atoms with Gasteiger partial charge in [0.25, 0.3) is 0 Å². The van der Waals surface area contributed by atoms with Crippen LogP contribution in [0.25, 0.3) is 0 Å². The van der Waals surface area contributed by atoms with Gasteiger partial charge in [0, 0.05) is 24.0 Å². The predicted octanol–water partition coefficient (Wildman–Crippen LogP) is 14.5. The third kappa shape index (κ3) is 10.6. The number of carboxylic acids is 1. The highest BCUT2D eigenvalue weighted by molar-refractivity contribution is 5.87. The van der Waals surface area contributed by atoms with Crippen molar-refractivity contribution < 1.29 is 38.5 Å². The van der Waals surface area contributed by atoms with E-state index < -0.39 is 11.6 Å². The average Bonchev–Trinajstić information content (AvgIpc) is 3.81. The normalized spacial score (nSPS) is 42.3. The quantitative estimate of drug-likeness (QED) is 0.117. The highest BCUT2D eigenvalue weighted by atomic mass is 16.6. The fourth-order valence-corrected chi connectivity index (χ4v) is 18.6. The summed E-state index contributed by atoms with van der Waals surface area (Å²) < 4.78 is 17.2. The summed E-state index contributed by atoms with van der Waals surface area (Å²) in [7, 11) is 0. The molecule has 68 heavy (non-hydrogen) atoms. The lowest BCUT2D eigenvalue weighted by atomic mass is 9.44. The summed E-state index contributed by atoms with van der Waals surface area (Å²) in [6.07, 6.45) is 25.0. The van der Waals surface area contributed by atoms with Gasteiger partial charge in [-0.15, -0.1) is 0 Å². The molecule has 0 aromatic heterocycles. The maximum atomic E-state index is 12.4. The topological polar surface area (TPSA) is 116 Å². The van der Waals surface area contributed by atoms with Crippen LogP contribution in [0.5, 0.6) is 0 Å². The standard InChI is InChI=1S/C32H52O4.C28H44O4/c1-20(2)29(34)35-23-15-17-31(7)22(19-23)10-11-24-26-13-12-25(32(26,8)18-16-27(24)31)21(3)9-14-28(33)36-30(4,5)6;1-17(2)26(31)32-20-12-14-27(4)19(16-20)7-8-21-23-10-9-22(18(3)6-11-25(29)30)28(23,5)15-13-24(21)27/h21-27H,1,9-19H2,2-8H3;18-24H,1,6-16H2,2-5H3,(H,29,30). The smallest absolute Gasteiger partial charge is 0.333 e. The van der Waals surface area contributed by atoms with Crippen molar-refractivity contribution in [3.8, 4) is 0 Å². The van der Waals surface area contributed by atoms with Gasteiger partial charge in [0.05, 0.1) is 0 Å². The first-order valence-electron chi connectivity index (χ1n) is 28.0. The number of carboxylic acid groups (broad SMARTS) is 1. The average molecular weight is 945 g/mol. The highest BCUT2D eigenvalue weighted by Crippen LogP contribution is 2.70. The van der Waals surface area contributed by atoms with E-state index in [1.807, 2.05) is 20.8 Å². The second kappa shape index (κ2) is 20.5. The molecule has 8 rings (SSSR count). The van der Waals surface area contributed by atoms with Crippen molar-refractivity contribution in [2.24, 2.45) is 92.7 Å². The molecule has 0 aromatic carbocycles. The summed E-state index contributed by atoms with van der Waals surface area (Å²) in [4.78, 5) is 47.7. The number of hydrogen-bond donors (Lipinski definition) is 1. The van der Waals surface area contributed by atoms with Crippen LogP contribution in [0, 0.1) is 92.7 Å². The Hall–Kier alpha value is -2.64. The molecule has 1 N–H and O–H groups in total. The second-order valence-electron chi connectivity index (χ2n) is 26.9. The minimum Gasteiger partial charge on any atom is -0.481 e. The maximum absolute atomic E-state index is 12.4. The van der Waals surface area contributed by atoms with E-state index in [1.165, 1.54) is 89.9 Å². The Morgan fingerprint density at radius 2 is 0.941 bits per heavy atom. The third-order valence-corrected chi connectivity index (χ3v) is 22.0. The molecule has 384 valence electrons. The minimum absolute atomic E-state index is 0.0476. The van der Waals surface area contributed by atoms with Crippen molar-refractivity contribution in [2.75, 3.05) is 0 Å². The van der Waals surface area contributed by atoms with Crippen molar-refractivity contribution in [2.45, 2.75) is 235 Å². The van der Waals surface area contributed by atoms with E-state index in [0.717, 1.165) is 74.0 Å². The molecule has 0 amide bonds. The first kappa shape index (κ1) is 53.2. The van der Waals surface area contributed by atoms with E-state index in [-0.39, 0.29) is 30.1 Å². The van der Waals surface area contributed by atoms with Gasteiger partial charge in [-0.1, -0.05) is 54.7 Å². The predicted molar refractivity (Wildman–Crippen MR) is 270 cm³/mol. The van der Waals surface area contributed by atoms with E-state index in [2.05, 4.69) is 54.7 Å². The Morgan fingerprint density at radius 1 is 0.559 bits per heavy atom. The van der Waals surface area contributed by atoms with E-state index in [1.54, 1.807) is 13.8 Å². The highest BCUT2D eigenvalue weighted by Gasteiger charge is 2.62. The molecule has 8 fully saturated rings. The van der Waals surface area contributed by atoms with E-state index in [9.17, 15) is 19.2 Å². The summed E-state index contributed by atoms with van der Waals surface area (Å²) in [5.41, 5.74) is 2.17. The van der Waals surface area contributed by atoms with E-state index in [0.29, 0.717) is 81.2 Å². The summed E-state index contributed by atoms with van der Waals surface area (Å²) in [5.74, 6) is 7.53. The summed E-state index contributed by atoms with van der Waals surface area (Å²) in [6, 6.07) is 0. The summed E-state index contributed by atoms with van der Waals surface area (Å²) in [6.45, 7) is 31.8. The van der Waals surface area contributed by atoms with Gasteiger partial charge in [0.2, 0.25) is 0 Å². The number of fused-ring (bicyclic) bond motifs is 10. The molecule has 0 saturated heterocycles. The van der Waals surface area contributed by atoms with Crippen molar-refractivity contribution in [3.63, 3.8) is 0 Å². The molecule has 8 aliphatic rings. The zero-order chi connectivity index (χ0) is 49.7. The van der Waals surface area contributed by atoms with Crippen LogP contribution < -0.4 is 0 Å². The first-order valence-corrected chi connectivity index (χ1v) is 28.0. The van der Waals surface area contributed by atoms with Crippen LogP contribution in [0.15, 0.2) is 24.3 Å². The van der Waals surface area contributed by atoms with Crippen molar-refractivity contribution in [1.29, 1.82) is 0 Å². The molecule has 0 radical (unpaired) electrons.